The molecule has 22 heavy (non-hydrogen) atoms. The summed E-state index contributed by atoms with van der Waals surface area (Å²) in [7, 11) is -3.17. The van der Waals surface area contributed by atoms with Gasteiger partial charge in [-0.05, 0) is 24.1 Å². The fourth-order valence-corrected chi connectivity index (χ4v) is 3.56. The summed E-state index contributed by atoms with van der Waals surface area (Å²) < 4.78 is 43.4. The van der Waals surface area contributed by atoms with Gasteiger partial charge >= 0.3 is 0 Å². The number of nitrogens with zero attached hydrogens (tertiary/aromatic N) is 2. The first-order valence-corrected chi connectivity index (χ1v) is 8.91. The Hall–Kier alpha value is -1.73. The summed E-state index contributed by atoms with van der Waals surface area (Å²) in [5, 5.41) is 0. The summed E-state index contributed by atoms with van der Waals surface area (Å²) in [6.45, 7) is 0.893. The van der Waals surface area contributed by atoms with Crippen LogP contribution in [0.2, 0.25) is 0 Å². The fraction of sp³-hybridized carbons (Fsp3) is 0.400. The van der Waals surface area contributed by atoms with Gasteiger partial charge in [-0.15, -0.1) is 0 Å². The van der Waals surface area contributed by atoms with E-state index in [0.29, 0.717) is 37.6 Å². The topological polar surface area (TPSA) is 63.4 Å². The molecule has 118 valence electrons. The zero-order valence-corrected chi connectivity index (χ0v) is 13.0. The average molecular weight is 324 g/mol. The molecule has 1 aromatic heterocycles. The molecule has 0 bridgehead atoms. The van der Waals surface area contributed by atoms with Crippen molar-refractivity contribution in [1.29, 1.82) is 0 Å². The van der Waals surface area contributed by atoms with Crippen molar-refractivity contribution in [1.82, 2.24) is 9.29 Å². The number of oxazole rings is 1. The summed E-state index contributed by atoms with van der Waals surface area (Å²) in [6.07, 6.45) is 4.00. The minimum absolute atomic E-state index is 0.0176. The normalized spacial score (nSPS) is 19.6. The maximum absolute atomic E-state index is 13.2. The quantitative estimate of drug-likeness (QED) is 0.864. The van der Waals surface area contributed by atoms with Gasteiger partial charge in [0.15, 0.2) is 5.89 Å². The molecule has 1 aliphatic rings. The highest BCUT2D eigenvalue weighted by Gasteiger charge is 2.32. The van der Waals surface area contributed by atoms with Crippen molar-refractivity contribution in [2.45, 2.75) is 18.8 Å². The molecule has 1 atom stereocenters. The molecule has 1 fully saturated rings. The Morgan fingerprint density at radius 1 is 1.45 bits per heavy atom. The van der Waals surface area contributed by atoms with Gasteiger partial charge in [-0.3, -0.25) is 0 Å². The smallest absolute Gasteiger partial charge is 0.211 e. The van der Waals surface area contributed by atoms with E-state index in [0.717, 1.165) is 5.56 Å². The van der Waals surface area contributed by atoms with Crippen LogP contribution >= 0.6 is 0 Å². The zero-order chi connectivity index (χ0) is 15.7. The van der Waals surface area contributed by atoms with Crippen LogP contribution in [0.4, 0.5) is 4.39 Å². The maximum Gasteiger partial charge on any atom is 0.211 e. The second-order valence-corrected chi connectivity index (χ2v) is 7.56. The predicted octanol–water partition coefficient (Wildman–Crippen LogP) is 2.15. The molecule has 1 aromatic carbocycles. The molecular formula is C15H17FN2O3S. The third-order valence-electron chi connectivity index (χ3n) is 3.81. The van der Waals surface area contributed by atoms with Crippen LogP contribution in [0.25, 0.3) is 0 Å². The molecule has 0 aliphatic carbocycles. The van der Waals surface area contributed by atoms with Crippen LogP contribution in [0.5, 0.6) is 0 Å². The van der Waals surface area contributed by atoms with Crippen LogP contribution in [-0.2, 0) is 16.4 Å². The van der Waals surface area contributed by atoms with E-state index in [9.17, 15) is 12.8 Å². The van der Waals surface area contributed by atoms with E-state index < -0.39 is 10.0 Å². The second-order valence-electron chi connectivity index (χ2n) is 5.58. The zero-order valence-electron chi connectivity index (χ0n) is 12.2. The van der Waals surface area contributed by atoms with Crippen LogP contribution in [0.1, 0.15) is 29.6 Å². The van der Waals surface area contributed by atoms with Crippen LogP contribution in [0.15, 0.2) is 34.9 Å². The minimum atomic E-state index is -3.17. The van der Waals surface area contributed by atoms with Crippen molar-refractivity contribution in [2.24, 2.45) is 0 Å². The number of hydrogen-bond donors (Lipinski definition) is 0. The fourth-order valence-electron chi connectivity index (χ4n) is 2.67. The Kier molecular flexibility index (Phi) is 4.01. The summed E-state index contributed by atoms with van der Waals surface area (Å²) in [6, 6.07) is 6.34. The molecule has 0 saturated carbocycles. The van der Waals surface area contributed by atoms with Gasteiger partial charge in [0, 0.05) is 19.5 Å². The highest BCUT2D eigenvalue weighted by molar-refractivity contribution is 7.88. The molecule has 0 radical (unpaired) electrons. The van der Waals surface area contributed by atoms with Gasteiger partial charge in [0.2, 0.25) is 10.0 Å². The van der Waals surface area contributed by atoms with Gasteiger partial charge in [-0.25, -0.2) is 22.1 Å². The maximum atomic E-state index is 13.2. The van der Waals surface area contributed by atoms with Gasteiger partial charge in [0.25, 0.3) is 0 Å². The number of benzene rings is 1. The number of halogens is 1. The van der Waals surface area contributed by atoms with Crippen molar-refractivity contribution in [3.05, 3.63) is 53.5 Å². The first-order valence-electron chi connectivity index (χ1n) is 7.06. The Labute approximate surface area is 128 Å². The van der Waals surface area contributed by atoms with Crippen LogP contribution < -0.4 is 0 Å². The van der Waals surface area contributed by atoms with E-state index in [4.69, 9.17) is 4.42 Å². The lowest BCUT2D eigenvalue weighted by atomic mass is 10.1. The molecular weight excluding hydrogens is 307 g/mol. The van der Waals surface area contributed by atoms with Gasteiger partial charge in [-0.2, -0.15) is 0 Å². The molecule has 3 rings (SSSR count). The predicted molar refractivity (Wildman–Crippen MR) is 79.5 cm³/mol. The van der Waals surface area contributed by atoms with E-state index in [1.54, 1.807) is 12.3 Å². The molecule has 1 aliphatic heterocycles. The minimum Gasteiger partial charge on any atom is -0.445 e. The standard InChI is InChI=1S/C15H17FN2O3S/c1-22(19,20)18-6-5-12(10-18)15-17-9-14(21-15)8-11-3-2-4-13(16)7-11/h2-4,7,9,12H,5-6,8,10H2,1H3. The molecule has 0 amide bonds. The Balaban J connectivity index is 1.70. The molecule has 1 unspecified atom stereocenters. The third kappa shape index (κ3) is 3.36. The molecule has 0 N–H and O–H groups in total. The number of rotatable bonds is 4. The SMILES string of the molecule is CS(=O)(=O)N1CCC(c2ncc(Cc3cccc(F)c3)o2)C1. The average Bonchev–Trinajstić information content (AvgIpc) is 3.06. The van der Waals surface area contributed by atoms with Crippen molar-refractivity contribution >= 4 is 10.0 Å². The van der Waals surface area contributed by atoms with E-state index in [1.807, 2.05) is 6.07 Å². The molecule has 7 heteroatoms. The lowest BCUT2D eigenvalue weighted by Gasteiger charge is -2.11. The Morgan fingerprint density at radius 3 is 2.95 bits per heavy atom. The van der Waals surface area contributed by atoms with Crippen LogP contribution in [0, 0.1) is 5.82 Å². The first kappa shape index (κ1) is 15.2. The van der Waals surface area contributed by atoms with Gasteiger partial charge in [-0.1, -0.05) is 12.1 Å². The van der Waals surface area contributed by atoms with E-state index in [-0.39, 0.29) is 11.7 Å². The van der Waals surface area contributed by atoms with E-state index in [2.05, 4.69) is 4.98 Å². The third-order valence-corrected chi connectivity index (χ3v) is 5.08. The van der Waals surface area contributed by atoms with Crippen molar-refractivity contribution < 1.29 is 17.2 Å². The van der Waals surface area contributed by atoms with Crippen LogP contribution in [-0.4, -0.2) is 37.1 Å². The van der Waals surface area contributed by atoms with Gasteiger partial charge in [0.1, 0.15) is 11.6 Å². The molecule has 5 nitrogen and oxygen atoms in total. The van der Waals surface area contributed by atoms with Gasteiger partial charge in [0.05, 0.1) is 18.4 Å². The monoisotopic (exact) mass is 324 g/mol. The van der Waals surface area contributed by atoms with E-state index in [1.165, 1.54) is 22.7 Å². The van der Waals surface area contributed by atoms with Gasteiger partial charge < -0.3 is 4.42 Å². The molecule has 0 spiro atoms. The molecule has 2 aromatic rings. The largest absolute Gasteiger partial charge is 0.445 e. The summed E-state index contributed by atoms with van der Waals surface area (Å²) in [4.78, 5) is 4.25. The molecule has 2 heterocycles. The Morgan fingerprint density at radius 2 is 2.27 bits per heavy atom. The summed E-state index contributed by atoms with van der Waals surface area (Å²) >= 11 is 0. The second kappa shape index (κ2) is 5.81. The van der Waals surface area contributed by atoms with Crippen molar-refractivity contribution in [2.75, 3.05) is 19.3 Å². The summed E-state index contributed by atoms with van der Waals surface area (Å²) in [5.41, 5.74) is 0.812. The summed E-state index contributed by atoms with van der Waals surface area (Å²) in [5.74, 6) is 0.906. The van der Waals surface area contributed by atoms with Crippen LogP contribution in [0.3, 0.4) is 0 Å². The first-order chi connectivity index (χ1) is 10.4. The lowest BCUT2D eigenvalue weighted by molar-refractivity contribution is 0.418. The van der Waals surface area contributed by atoms with E-state index >= 15 is 0 Å². The number of hydrogen-bond acceptors (Lipinski definition) is 4. The Bertz CT molecular complexity index is 773. The van der Waals surface area contributed by atoms with Crippen molar-refractivity contribution in [3.8, 4) is 0 Å². The highest BCUT2D eigenvalue weighted by Crippen LogP contribution is 2.28. The van der Waals surface area contributed by atoms with Crippen molar-refractivity contribution in [3.63, 3.8) is 0 Å². The number of aromatic nitrogens is 1. The number of sulfonamides is 1. The lowest BCUT2D eigenvalue weighted by Crippen LogP contribution is -2.27. The molecule has 1 saturated heterocycles. The highest BCUT2D eigenvalue weighted by atomic mass is 32.2.